The Morgan fingerprint density at radius 2 is 1.38 bits per heavy atom. The molecule has 3 rings (SSSR count). The van der Waals surface area contributed by atoms with Crippen molar-refractivity contribution in [1.29, 1.82) is 0 Å². The molecule has 0 spiro atoms. The number of carbonyl (C=O) groups excluding carboxylic acids is 3. The summed E-state index contributed by atoms with van der Waals surface area (Å²) in [5.74, 6) is -2.40. The number of Topliss-reactive ketones (excluding diaryl/α,β-unsaturated/α-hetero) is 3. The third-order valence-electron chi connectivity index (χ3n) is 5.46. The number of halogens is 2. The number of hydrogen-bond donors (Lipinski definition) is 1. The predicted octanol–water partition coefficient (Wildman–Crippen LogP) is 5.04. The van der Waals surface area contributed by atoms with Gasteiger partial charge >= 0.3 is 0 Å². The lowest BCUT2D eigenvalue weighted by atomic mass is 9.63. The second-order valence-corrected chi connectivity index (χ2v) is 9.24. The second-order valence-electron chi connectivity index (χ2n) is 8.37. The van der Waals surface area contributed by atoms with Gasteiger partial charge in [0.25, 0.3) is 0 Å². The summed E-state index contributed by atoms with van der Waals surface area (Å²) in [6.07, 6.45) is -0.0688. The number of ketones is 3. The molecule has 0 radical (unpaired) electrons. The van der Waals surface area contributed by atoms with E-state index in [0.29, 0.717) is 21.2 Å². The van der Waals surface area contributed by atoms with E-state index >= 15 is 0 Å². The normalized spacial score (nSPS) is 19.1. The van der Waals surface area contributed by atoms with Crippen molar-refractivity contribution < 1.29 is 19.5 Å². The van der Waals surface area contributed by atoms with Crippen LogP contribution in [0.15, 0.2) is 48.5 Å². The van der Waals surface area contributed by atoms with E-state index in [-0.39, 0.29) is 25.0 Å². The highest BCUT2D eigenvalue weighted by atomic mass is 35.5. The Kier molecular flexibility index (Phi) is 6.00. The fourth-order valence-electron chi connectivity index (χ4n) is 3.89. The molecule has 2 aromatic carbocycles. The Bertz CT molecular complexity index is 926. The fraction of sp³-hybridized carbons (Fsp3) is 0.348. The highest BCUT2D eigenvalue weighted by Crippen LogP contribution is 2.44. The van der Waals surface area contributed by atoms with Crippen molar-refractivity contribution in [2.45, 2.75) is 44.6 Å². The molecule has 1 aliphatic rings. The summed E-state index contributed by atoms with van der Waals surface area (Å²) in [5.41, 5.74) is -1.86. The van der Waals surface area contributed by atoms with Crippen molar-refractivity contribution in [3.05, 3.63) is 69.7 Å². The molecule has 1 atom stereocenters. The Hall–Kier alpha value is -2.01. The molecule has 0 aliphatic heterocycles. The van der Waals surface area contributed by atoms with E-state index in [1.165, 1.54) is 0 Å². The van der Waals surface area contributed by atoms with E-state index in [2.05, 4.69) is 0 Å². The third kappa shape index (κ3) is 4.45. The molecule has 4 nitrogen and oxygen atoms in total. The first-order valence-electron chi connectivity index (χ1n) is 9.36. The average molecular weight is 433 g/mol. The fourth-order valence-corrected chi connectivity index (χ4v) is 4.14. The number of benzene rings is 2. The SMILES string of the molecule is CC1(C)CC(=O)C(O)(C(CC(=O)c2ccc(Cl)cc2)c2ccc(Cl)cc2)C(=O)C1. The molecule has 0 heterocycles. The van der Waals surface area contributed by atoms with E-state index in [4.69, 9.17) is 23.2 Å². The lowest BCUT2D eigenvalue weighted by Gasteiger charge is -2.41. The van der Waals surface area contributed by atoms with E-state index < -0.39 is 28.5 Å². The van der Waals surface area contributed by atoms with Gasteiger partial charge in [0, 0.05) is 40.8 Å². The molecule has 1 saturated carbocycles. The molecule has 1 unspecified atom stereocenters. The maximum Gasteiger partial charge on any atom is 0.188 e. The van der Waals surface area contributed by atoms with Crippen LogP contribution >= 0.6 is 23.2 Å². The molecule has 2 aromatic rings. The van der Waals surface area contributed by atoms with E-state index in [0.717, 1.165) is 0 Å². The van der Waals surface area contributed by atoms with Gasteiger partial charge in [-0.15, -0.1) is 0 Å². The average Bonchev–Trinajstić information content (AvgIpc) is 2.65. The molecule has 1 aliphatic carbocycles. The minimum Gasteiger partial charge on any atom is -0.374 e. The largest absolute Gasteiger partial charge is 0.374 e. The lowest BCUT2D eigenvalue weighted by Crippen LogP contribution is -2.57. The van der Waals surface area contributed by atoms with Crippen LogP contribution in [0.3, 0.4) is 0 Å². The summed E-state index contributed by atoms with van der Waals surface area (Å²) < 4.78 is 0. The van der Waals surface area contributed by atoms with Crippen LogP contribution in [0, 0.1) is 5.41 Å². The van der Waals surface area contributed by atoms with Crippen molar-refractivity contribution in [2.24, 2.45) is 5.41 Å². The van der Waals surface area contributed by atoms with Crippen LogP contribution in [0.1, 0.15) is 54.9 Å². The van der Waals surface area contributed by atoms with Gasteiger partial charge < -0.3 is 5.11 Å². The van der Waals surface area contributed by atoms with Gasteiger partial charge in [0.05, 0.1) is 0 Å². The first kappa shape index (κ1) is 21.7. The molecule has 1 fully saturated rings. The molecule has 152 valence electrons. The van der Waals surface area contributed by atoms with Gasteiger partial charge in [-0.3, -0.25) is 14.4 Å². The van der Waals surface area contributed by atoms with Gasteiger partial charge in [0.2, 0.25) is 0 Å². The van der Waals surface area contributed by atoms with Gasteiger partial charge in [-0.1, -0.05) is 49.2 Å². The van der Waals surface area contributed by atoms with Crippen LogP contribution in [0.2, 0.25) is 10.0 Å². The first-order chi connectivity index (χ1) is 13.5. The molecule has 29 heavy (non-hydrogen) atoms. The minimum atomic E-state index is -2.24. The molecule has 0 aromatic heterocycles. The second kappa shape index (κ2) is 8.02. The van der Waals surface area contributed by atoms with Gasteiger partial charge in [0.15, 0.2) is 23.0 Å². The maximum atomic E-state index is 13.0. The van der Waals surface area contributed by atoms with Crippen molar-refractivity contribution in [2.75, 3.05) is 0 Å². The lowest BCUT2D eigenvalue weighted by molar-refractivity contribution is -0.161. The number of aliphatic hydroxyl groups is 1. The zero-order chi connectivity index (χ0) is 21.4. The van der Waals surface area contributed by atoms with E-state index in [9.17, 15) is 19.5 Å². The Morgan fingerprint density at radius 1 is 0.931 bits per heavy atom. The standard InChI is InChI=1S/C23H22Cl2O4/c1-22(2)12-20(27)23(29,21(28)13-22)18(14-3-7-16(24)8-4-14)11-19(26)15-5-9-17(25)10-6-15/h3-10,18,29H,11-13H2,1-2H3. The third-order valence-corrected chi connectivity index (χ3v) is 5.96. The minimum absolute atomic E-state index is 0.0640. The van der Waals surface area contributed by atoms with E-state index in [1.807, 2.05) is 13.8 Å². The summed E-state index contributed by atoms with van der Waals surface area (Å²) >= 11 is 11.9. The molecule has 0 bridgehead atoms. The van der Waals surface area contributed by atoms with Gasteiger partial charge in [-0.25, -0.2) is 0 Å². The summed E-state index contributed by atoms with van der Waals surface area (Å²) in [4.78, 5) is 38.9. The summed E-state index contributed by atoms with van der Waals surface area (Å²) in [6, 6.07) is 12.9. The van der Waals surface area contributed by atoms with Crippen LogP contribution in [-0.2, 0) is 9.59 Å². The van der Waals surface area contributed by atoms with Crippen LogP contribution in [-0.4, -0.2) is 28.1 Å². The van der Waals surface area contributed by atoms with Crippen LogP contribution in [0.4, 0.5) is 0 Å². The van der Waals surface area contributed by atoms with E-state index in [1.54, 1.807) is 48.5 Å². The Labute approximate surface area is 179 Å². The van der Waals surface area contributed by atoms with Crippen LogP contribution < -0.4 is 0 Å². The molecule has 1 N–H and O–H groups in total. The smallest absolute Gasteiger partial charge is 0.188 e. The topological polar surface area (TPSA) is 71.4 Å². The molecule has 0 amide bonds. The summed E-state index contributed by atoms with van der Waals surface area (Å²) in [7, 11) is 0. The zero-order valence-corrected chi connectivity index (χ0v) is 17.8. The van der Waals surface area contributed by atoms with Crippen molar-refractivity contribution in [1.82, 2.24) is 0 Å². The molecule has 0 saturated heterocycles. The van der Waals surface area contributed by atoms with Crippen LogP contribution in [0.25, 0.3) is 0 Å². The molecule has 6 heteroatoms. The number of hydrogen-bond acceptors (Lipinski definition) is 4. The highest BCUT2D eigenvalue weighted by Gasteiger charge is 2.55. The summed E-state index contributed by atoms with van der Waals surface area (Å²) in [5, 5.41) is 12.3. The van der Waals surface area contributed by atoms with Crippen molar-refractivity contribution >= 4 is 40.6 Å². The maximum absolute atomic E-state index is 13.0. The predicted molar refractivity (Wildman–Crippen MR) is 113 cm³/mol. The zero-order valence-electron chi connectivity index (χ0n) is 16.2. The number of rotatable bonds is 5. The monoisotopic (exact) mass is 432 g/mol. The summed E-state index contributed by atoms with van der Waals surface area (Å²) in [6.45, 7) is 3.64. The van der Waals surface area contributed by atoms with Crippen LogP contribution in [0.5, 0.6) is 0 Å². The Balaban J connectivity index is 2.02. The molecular weight excluding hydrogens is 411 g/mol. The first-order valence-corrected chi connectivity index (χ1v) is 10.1. The van der Waals surface area contributed by atoms with Crippen molar-refractivity contribution in [3.8, 4) is 0 Å². The van der Waals surface area contributed by atoms with Gasteiger partial charge in [-0.05, 0) is 47.4 Å². The number of carbonyl (C=O) groups is 3. The van der Waals surface area contributed by atoms with Crippen molar-refractivity contribution in [3.63, 3.8) is 0 Å². The highest BCUT2D eigenvalue weighted by molar-refractivity contribution is 6.31. The van der Waals surface area contributed by atoms with Gasteiger partial charge in [-0.2, -0.15) is 0 Å². The quantitative estimate of drug-likeness (QED) is 0.530. The molecular formula is C23H22Cl2O4. The Morgan fingerprint density at radius 3 is 1.86 bits per heavy atom. The van der Waals surface area contributed by atoms with Gasteiger partial charge in [0.1, 0.15) is 0 Å².